The second-order valence-electron chi connectivity index (χ2n) is 6.31. The molecule has 0 bridgehead atoms. The summed E-state index contributed by atoms with van der Waals surface area (Å²) in [6, 6.07) is 4.04. The van der Waals surface area contributed by atoms with E-state index in [0.29, 0.717) is 24.3 Å². The summed E-state index contributed by atoms with van der Waals surface area (Å²) in [4.78, 5) is 25.7. The highest BCUT2D eigenvalue weighted by atomic mass is 19.1. The van der Waals surface area contributed by atoms with Crippen LogP contribution >= 0.6 is 0 Å². The molecule has 0 saturated carbocycles. The Labute approximate surface area is 135 Å². The molecule has 1 N–H and O–H groups in total. The molecular formula is C17H22FNO4. The summed E-state index contributed by atoms with van der Waals surface area (Å²) < 4.78 is 18.5. The van der Waals surface area contributed by atoms with Crippen molar-refractivity contribution in [2.45, 2.75) is 26.7 Å². The van der Waals surface area contributed by atoms with Crippen LogP contribution in [-0.4, -0.2) is 42.1 Å². The van der Waals surface area contributed by atoms with Crippen LogP contribution < -0.4 is 4.74 Å². The number of carboxylic acid groups (broad SMARTS) is 1. The Morgan fingerprint density at radius 1 is 1.43 bits per heavy atom. The van der Waals surface area contributed by atoms with Crippen molar-refractivity contribution in [2.24, 2.45) is 11.3 Å². The van der Waals surface area contributed by atoms with Crippen molar-refractivity contribution in [2.75, 3.05) is 20.2 Å². The molecule has 0 aliphatic carbocycles. The number of amides is 1. The van der Waals surface area contributed by atoms with Crippen molar-refractivity contribution >= 4 is 11.9 Å². The third-order valence-corrected chi connectivity index (χ3v) is 4.77. The number of ether oxygens (including phenoxy) is 1. The molecule has 1 aromatic carbocycles. The molecule has 0 spiro atoms. The van der Waals surface area contributed by atoms with Gasteiger partial charge in [-0.15, -0.1) is 0 Å². The smallest absolute Gasteiger partial charge is 0.311 e. The molecule has 2 rings (SSSR count). The van der Waals surface area contributed by atoms with Gasteiger partial charge in [0.2, 0.25) is 5.91 Å². The number of methoxy groups -OCH3 is 1. The van der Waals surface area contributed by atoms with Crippen LogP contribution in [0.3, 0.4) is 0 Å². The van der Waals surface area contributed by atoms with Crippen LogP contribution in [0.2, 0.25) is 0 Å². The van der Waals surface area contributed by atoms with Gasteiger partial charge in [0.15, 0.2) is 0 Å². The third kappa shape index (κ3) is 3.30. The lowest BCUT2D eigenvalue weighted by Crippen LogP contribution is -2.41. The first-order valence-corrected chi connectivity index (χ1v) is 7.63. The van der Waals surface area contributed by atoms with Crippen LogP contribution in [0.5, 0.6) is 5.75 Å². The predicted octanol–water partition coefficient (Wildman–Crippen LogP) is 2.34. The molecule has 0 radical (unpaired) electrons. The number of benzene rings is 1. The monoisotopic (exact) mass is 323 g/mol. The van der Waals surface area contributed by atoms with Gasteiger partial charge in [-0.2, -0.15) is 0 Å². The van der Waals surface area contributed by atoms with E-state index in [1.54, 1.807) is 4.90 Å². The van der Waals surface area contributed by atoms with Crippen LogP contribution in [-0.2, 0) is 16.0 Å². The van der Waals surface area contributed by atoms with Crippen molar-refractivity contribution < 1.29 is 23.8 Å². The largest absolute Gasteiger partial charge is 0.496 e. The first kappa shape index (κ1) is 17.2. The molecule has 1 heterocycles. The number of nitrogens with zero attached hydrogens (tertiary/aromatic N) is 1. The van der Waals surface area contributed by atoms with Gasteiger partial charge in [-0.1, -0.05) is 13.8 Å². The summed E-state index contributed by atoms with van der Waals surface area (Å²) in [5.41, 5.74) is -0.434. The number of hydrogen-bond acceptors (Lipinski definition) is 3. The molecule has 1 aliphatic rings. The Morgan fingerprint density at radius 2 is 2.13 bits per heavy atom. The van der Waals surface area contributed by atoms with E-state index >= 15 is 0 Å². The summed E-state index contributed by atoms with van der Waals surface area (Å²) in [6.45, 7) is 4.31. The van der Waals surface area contributed by atoms with Crippen LogP contribution in [0, 0.1) is 17.2 Å². The van der Waals surface area contributed by atoms with Gasteiger partial charge >= 0.3 is 5.97 Å². The van der Waals surface area contributed by atoms with Crippen LogP contribution in [0.25, 0.3) is 0 Å². The van der Waals surface area contributed by atoms with Gasteiger partial charge in [-0.05, 0) is 30.5 Å². The number of halogens is 1. The van der Waals surface area contributed by atoms with Crippen LogP contribution in [0.4, 0.5) is 4.39 Å². The highest BCUT2D eigenvalue weighted by Gasteiger charge is 2.48. The van der Waals surface area contributed by atoms with E-state index in [1.165, 1.54) is 25.3 Å². The topological polar surface area (TPSA) is 66.8 Å². The molecule has 1 unspecified atom stereocenters. The fourth-order valence-corrected chi connectivity index (χ4v) is 3.10. The molecule has 1 amide bonds. The minimum Gasteiger partial charge on any atom is -0.496 e. The molecule has 1 aromatic rings. The molecule has 5 nitrogen and oxygen atoms in total. The third-order valence-electron chi connectivity index (χ3n) is 4.77. The average molecular weight is 323 g/mol. The van der Waals surface area contributed by atoms with E-state index in [0.717, 1.165) is 0 Å². The Bertz CT molecular complexity index is 617. The van der Waals surface area contributed by atoms with Gasteiger partial charge < -0.3 is 14.7 Å². The zero-order valence-electron chi connectivity index (χ0n) is 13.6. The number of likely N-dealkylation sites (tertiary alicyclic amines) is 1. The Morgan fingerprint density at radius 3 is 2.65 bits per heavy atom. The minimum atomic E-state index is -0.901. The minimum absolute atomic E-state index is 0.00523. The molecule has 0 aromatic heterocycles. The quantitative estimate of drug-likeness (QED) is 0.903. The standard InChI is InChI=1S/C17H22FNO4/c1-11(2)17(16(21)22)6-7-19(10-17)15(20)9-12-8-13(18)4-5-14(12)23-3/h4-5,8,11H,6-7,9-10H2,1-3H3,(H,21,22). The van der Waals surface area contributed by atoms with E-state index in [4.69, 9.17) is 4.74 Å². The van der Waals surface area contributed by atoms with E-state index < -0.39 is 17.2 Å². The zero-order valence-corrected chi connectivity index (χ0v) is 13.6. The summed E-state index contributed by atoms with van der Waals surface area (Å²) >= 11 is 0. The number of hydrogen-bond donors (Lipinski definition) is 1. The number of carbonyl (C=O) groups excluding carboxylic acids is 1. The molecule has 23 heavy (non-hydrogen) atoms. The molecule has 1 saturated heterocycles. The van der Waals surface area contributed by atoms with Crippen LogP contribution in [0.1, 0.15) is 25.8 Å². The van der Waals surface area contributed by atoms with Gasteiger partial charge in [0.1, 0.15) is 11.6 Å². The normalized spacial score (nSPS) is 20.8. The fraction of sp³-hybridized carbons (Fsp3) is 0.529. The second kappa shape index (κ2) is 6.56. The van der Waals surface area contributed by atoms with Crippen molar-refractivity contribution in [1.29, 1.82) is 0 Å². The summed E-state index contributed by atoms with van der Waals surface area (Å²) in [5.74, 6) is -1.13. The van der Waals surface area contributed by atoms with Crippen molar-refractivity contribution in [3.8, 4) is 5.75 Å². The van der Waals surface area contributed by atoms with Crippen LogP contribution in [0.15, 0.2) is 18.2 Å². The van der Waals surface area contributed by atoms with Crippen molar-refractivity contribution in [3.63, 3.8) is 0 Å². The van der Waals surface area contributed by atoms with Gasteiger partial charge in [0.05, 0.1) is 18.9 Å². The number of carbonyl (C=O) groups is 2. The van der Waals surface area contributed by atoms with Gasteiger partial charge in [0, 0.05) is 18.7 Å². The number of carboxylic acids is 1. The predicted molar refractivity (Wildman–Crippen MR) is 82.8 cm³/mol. The SMILES string of the molecule is COc1ccc(F)cc1CC(=O)N1CCC(C(=O)O)(C(C)C)C1. The average Bonchev–Trinajstić information content (AvgIpc) is 2.94. The maximum Gasteiger partial charge on any atom is 0.311 e. The van der Waals surface area contributed by atoms with E-state index in [-0.39, 0.29) is 24.8 Å². The summed E-state index contributed by atoms with van der Waals surface area (Å²) in [6.07, 6.45) is 0.431. The maximum absolute atomic E-state index is 13.4. The molecule has 126 valence electrons. The highest BCUT2D eigenvalue weighted by molar-refractivity contribution is 5.82. The Balaban J connectivity index is 2.14. The molecule has 6 heteroatoms. The lowest BCUT2D eigenvalue weighted by atomic mass is 9.76. The Kier molecular flexibility index (Phi) is 4.92. The summed E-state index contributed by atoms with van der Waals surface area (Å²) in [5, 5.41) is 9.53. The maximum atomic E-state index is 13.4. The van der Waals surface area contributed by atoms with Crippen molar-refractivity contribution in [1.82, 2.24) is 4.90 Å². The van der Waals surface area contributed by atoms with Crippen molar-refractivity contribution in [3.05, 3.63) is 29.6 Å². The molecule has 1 fully saturated rings. The molecular weight excluding hydrogens is 301 g/mol. The Hall–Kier alpha value is -2.11. The van der Waals surface area contributed by atoms with E-state index in [1.807, 2.05) is 13.8 Å². The number of rotatable bonds is 5. The fourth-order valence-electron chi connectivity index (χ4n) is 3.10. The van der Waals surface area contributed by atoms with Gasteiger partial charge in [-0.25, -0.2) is 4.39 Å². The zero-order chi connectivity index (χ0) is 17.2. The molecule has 1 aliphatic heterocycles. The van der Waals surface area contributed by atoms with Gasteiger partial charge in [-0.3, -0.25) is 9.59 Å². The second-order valence-corrected chi connectivity index (χ2v) is 6.31. The van der Waals surface area contributed by atoms with E-state index in [2.05, 4.69) is 0 Å². The first-order valence-electron chi connectivity index (χ1n) is 7.63. The molecule has 1 atom stereocenters. The highest BCUT2D eigenvalue weighted by Crippen LogP contribution is 2.38. The number of aliphatic carboxylic acids is 1. The summed E-state index contributed by atoms with van der Waals surface area (Å²) in [7, 11) is 1.46. The lowest BCUT2D eigenvalue weighted by molar-refractivity contribution is -0.151. The van der Waals surface area contributed by atoms with E-state index in [9.17, 15) is 19.1 Å². The lowest BCUT2D eigenvalue weighted by Gasteiger charge is -2.28. The first-order chi connectivity index (χ1) is 10.8. The van der Waals surface area contributed by atoms with Gasteiger partial charge in [0.25, 0.3) is 0 Å².